The van der Waals surface area contributed by atoms with Gasteiger partial charge in [0.25, 0.3) is 0 Å². The number of para-hydroxylation sites is 1. The van der Waals surface area contributed by atoms with Crippen molar-refractivity contribution in [3.05, 3.63) is 29.8 Å². The largest absolute Gasteiger partial charge is 0.355 e. The van der Waals surface area contributed by atoms with Gasteiger partial charge in [0.05, 0.1) is 0 Å². The second-order valence-electron chi connectivity index (χ2n) is 7.44. The van der Waals surface area contributed by atoms with E-state index in [-0.39, 0.29) is 18.4 Å². The molecule has 0 aromatic heterocycles. The number of hydrogen-bond acceptors (Lipinski definition) is 4. The molecule has 3 rings (SSSR count). The van der Waals surface area contributed by atoms with E-state index in [1.165, 1.54) is 0 Å². The van der Waals surface area contributed by atoms with Crippen LogP contribution in [0.4, 0.5) is 5.69 Å². The molecular weight excluding hydrogens is 340 g/mol. The van der Waals surface area contributed by atoms with E-state index in [1.54, 1.807) is 4.90 Å². The summed E-state index contributed by atoms with van der Waals surface area (Å²) in [6.45, 7) is 9.63. The second kappa shape index (κ2) is 9.85. The Morgan fingerprint density at radius 1 is 1.07 bits per heavy atom. The van der Waals surface area contributed by atoms with Crippen LogP contribution in [-0.4, -0.2) is 74.0 Å². The summed E-state index contributed by atoms with van der Waals surface area (Å²) < 4.78 is 0. The third-order valence-corrected chi connectivity index (χ3v) is 5.61. The molecule has 0 aliphatic carbocycles. The maximum Gasteiger partial charge on any atom is 0.240 e. The highest BCUT2D eigenvalue weighted by atomic mass is 16.2. The predicted molar refractivity (Wildman–Crippen MR) is 108 cm³/mol. The molecule has 6 nitrogen and oxygen atoms in total. The number of fused-ring (bicyclic) bond motifs is 1. The molecule has 0 atom stereocenters. The van der Waals surface area contributed by atoms with Crippen LogP contribution in [0.5, 0.6) is 0 Å². The van der Waals surface area contributed by atoms with Gasteiger partial charge in [-0.3, -0.25) is 9.59 Å². The van der Waals surface area contributed by atoms with Crippen molar-refractivity contribution in [3.63, 3.8) is 0 Å². The van der Waals surface area contributed by atoms with Crippen molar-refractivity contribution in [1.82, 2.24) is 15.1 Å². The van der Waals surface area contributed by atoms with Crippen LogP contribution in [0.15, 0.2) is 24.3 Å². The Kier molecular flexibility index (Phi) is 7.24. The minimum atomic E-state index is -0.0733. The number of benzene rings is 1. The average Bonchev–Trinajstić information content (AvgIpc) is 2.85. The number of amides is 2. The van der Waals surface area contributed by atoms with Gasteiger partial charge in [-0.15, -0.1) is 0 Å². The molecule has 27 heavy (non-hydrogen) atoms. The predicted octanol–water partition coefficient (Wildman–Crippen LogP) is 1.50. The molecule has 2 amide bonds. The van der Waals surface area contributed by atoms with E-state index in [9.17, 15) is 9.59 Å². The number of piperazine rings is 1. The molecule has 0 unspecified atom stereocenters. The topological polar surface area (TPSA) is 55.9 Å². The molecule has 2 aliphatic heterocycles. The number of nitrogens with zero attached hydrogens (tertiary/aromatic N) is 3. The lowest BCUT2D eigenvalue weighted by molar-refractivity contribution is -0.123. The van der Waals surface area contributed by atoms with Gasteiger partial charge in [-0.05, 0) is 44.0 Å². The minimum Gasteiger partial charge on any atom is -0.355 e. The van der Waals surface area contributed by atoms with Gasteiger partial charge in [0, 0.05) is 44.8 Å². The van der Waals surface area contributed by atoms with Gasteiger partial charge < -0.3 is 20.0 Å². The SMILES string of the molecule is CCN1CCN(CCCNC(=O)CN2C(=O)CCCc3ccccc32)CC1. The van der Waals surface area contributed by atoms with E-state index in [2.05, 4.69) is 28.1 Å². The Labute approximate surface area is 162 Å². The number of carbonyl (C=O) groups excluding carboxylic acids is 2. The van der Waals surface area contributed by atoms with Crippen molar-refractivity contribution in [2.45, 2.75) is 32.6 Å². The number of rotatable bonds is 7. The second-order valence-corrected chi connectivity index (χ2v) is 7.44. The van der Waals surface area contributed by atoms with E-state index in [0.717, 1.165) is 69.8 Å². The van der Waals surface area contributed by atoms with Crippen LogP contribution >= 0.6 is 0 Å². The molecule has 0 radical (unpaired) electrons. The molecule has 1 N–H and O–H groups in total. The van der Waals surface area contributed by atoms with Gasteiger partial charge in [-0.1, -0.05) is 25.1 Å². The fourth-order valence-corrected chi connectivity index (χ4v) is 3.92. The summed E-state index contributed by atoms with van der Waals surface area (Å²) in [5, 5.41) is 2.99. The van der Waals surface area contributed by atoms with E-state index in [4.69, 9.17) is 0 Å². The van der Waals surface area contributed by atoms with Gasteiger partial charge in [-0.25, -0.2) is 0 Å². The first-order valence-electron chi connectivity index (χ1n) is 10.3. The monoisotopic (exact) mass is 372 g/mol. The van der Waals surface area contributed by atoms with Crippen molar-refractivity contribution < 1.29 is 9.59 Å². The fourth-order valence-electron chi connectivity index (χ4n) is 3.92. The zero-order chi connectivity index (χ0) is 19.1. The highest BCUT2D eigenvalue weighted by molar-refractivity contribution is 5.99. The Balaban J connectivity index is 1.42. The van der Waals surface area contributed by atoms with E-state index >= 15 is 0 Å². The zero-order valence-electron chi connectivity index (χ0n) is 16.5. The Morgan fingerprint density at radius 3 is 2.59 bits per heavy atom. The number of nitrogens with one attached hydrogen (secondary N) is 1. The number of hydrogen-bond donors (Lipinski definition) is 1. The maximum absolute atomic E-state index is 12.4. The Hall–Kier alpha value is -1.92. The third-order valence-electron chi connectivity index (χ3n) is 5.61. The van der Waals surface area contributed by atoms with Gasteiger partial charge >= 0.3 is 0 Å². The molecular formula is C21H32N4O2. The summed E-state index contributed by atoms with van der Waals surface area (Å²) in [6.07, 6.45) is 3.19. The summed E-state index contributed by atoms with van der Waals surface area (Å²) >= 11 is 0. The zero-order valence-corrected chi connectivity index (χ0v) is 16.5. The molecule has 6 heteroatoms. The first kappa shape index (κ1) is 19.8. The van der Waals surface area contributed by atoms with Gasteiger partial charge in [0.2, 0.25) is 11.8 Å². The van der Waals surface area contributed by atoms with Crippen LogP contribution in [0.25, 0.3) is 0 Å². The minimum absolute atomic E-state index is 0.0453. The standard InChI is InChI=1S/C21H32N4O2/c1-2-23-13-15-24(16-14-23)12-6-11-22-20(26)17-25-19-9-4-3-7-18(19)8-5-10-21(25)27/h3-4,7,9H,2,5-6,8,10-17H2,1H3,(H,22,26). The van der Waals surface area contributed by atoms with Crippen LogP contribution in [0.3, 0.4) is 0 Å². The lowest BCUT2D eigenvalue weighted by Gasteiger charge is -2.34. The Bertz CT molecular complexity index is 641. The molecule has 1 aromatic rings. The first-order chi connectivity index (χ1) is 13.2. The third kappa shape index (κ3) is 5.53. The first-order valence-corrected chi connectivity index (χ1v) is 10.3. The van der Waals surface area contributed by atoms with E-state index < -0.39 is 0 Å². The highest BCUT2D eigenvalue weighted by Crippen LogP contribution is 2.26. The van der Waals surface area contributed by atoms with Crippen molar-refractivity contribution in [3.8, 4) is 0 Å². The number of aryl methyl sites for hydroxylation is 1. The molecule has 1 aromatic carbocycles. The van der Waals surface area contributed by atoms with Gasteiger partial charge in [-0.2, -0.15) is 0 Å². The summed E-state index contributed by atoms with van der Waals surface area (Å²) in [5.41, 5.74) is 2.05. The molecule has 0 spiro atoms. The molecule has 1 fully saturated rings. The summed E-state index contributed by atoms with van der Waals surface area (Å²) in [5.74, 6) is -0.0280. The molecule has 2 aliphatic rings. The molecule has 0 saturated carbocycles. The molecule has 1 saturated heterocycles. The Morgan fingerprint density at radius 2 is 1.81 bits per heavy atom. The van der Waals surface area contributed by atoms with Crippen LogP contribution in [0.2, 0.25) is 0 Å². The number of anilines is 1. The average molecular weight is 373 g/mol. The highest BCUT2D eigenvalue weighted by Gasteiger charge is 2.23. The van der Waals surface area contributed by atoms with Gasteiger partial charge in [0.1, 0.15) is 6.54 Å². The molecule has 2 heterocycles. The van der Waals surface area contributed by atoms with Crippen molar-refractivity contribution in [1.29, 1.82) is 0 Å². The van der Waals surface area contributed by atoms with Gasteiger partial charge in [0.15, 0.2) is 0 Å². The molecule has 0 bridgehead atoms. The van der Waals surface area contributed by atoms with Crippen LogP contribution in [0, 0.1) is 0 Å². The lowest BCUT2D eigenvalue weighted by atomic mass is 10.1. The normalized spacial score (nSPS) is 18.9. The van der Waals surface area contributed by atoms with Crippen molar-refractivity contribution in [2.24, 2.45) is 0 Å². The van der Waals surface area contributed by atoms with Crippen LogP contribution < -0.4 is 10.2 Å². The quantitative estimate of drug-likeness (QED) is 0.737. The van der Waals surface area contributed by atoms with Crippen LogP contribution in [0.1, 0.15) is 31.7 Å². The summed E-state index contributed by atoms with van der Waals surface area (Å²) in [4.78, 5) is 31.4. The maximum atomic E-state index is 12.4. The smallest absolute Gasteiger partial charge is 0.240 e. The molecule has 148 valence electrons. The number of likely N-dealkylation sites (N-methyl/N-ethyl adjacent to an activating group) is 1. The van der Waals surface area contributed by atoms with Crippen LogP contribution in [-0.2, 0) is 16.0 Å². The lowest BCUT2D eigenvalue weighted by Crippen LogP contribution is -2.47. The van der Waals surface area contributed by atoms with E-state index in [0.29, 0.717) is 13.0 Å². The van der Waals surface area contributed by atoms with Crippen molar-refractivity contribution in [2.75, 3.05) is 57.3 Å². The fraction of sp³-hybridized carbons (Fsp3) is 0.619. The number of carbonyl (C=O) groups is 2. The van der Waals surface area contributed by atoms with Crippen molar-refractivity contribution >= 4 is 17.5 Å². The summed E-state index contributed by atoms with van der Waals surface area (Å²) in [6, 6.07) is 7.92. The summed E-state index contributed by atoms with van der Waals surface area (Å²) in [7, 11) is 0. The van der Waals surface area contributed by atoms with E-state index in [1.807, 2.05) is 18.2 Å².